The van der Waals surface area contributed by atoms with E-state index in [1.165, 1.54) is 5.56 Å². The van der Waals surface area contributed by atoms with Gasteiger partial charge in [-0.3, -0.25) is 0 Å². The van der Waals surface area contributed by atoms with Crippen molar-refractivity contribution < 1.29 is 0 Å². The number of tetrazole rings is 1. The van der Waals surface area contributed by atoms with Gasteiger partial charge in [-0.15, -0.1) is 10.2 Å². The van der Waals surface area contributed by atoms with E-state index in [1.807, 2.05) is 26.0 Å². The van der Waals surface area contributed by atoms with Crippen molar-refractivity contribution in [3.8, 4) is 11.4 Å². The zero-order chi connectivity index (χ0) is 12.3. The lowest BCUT2D eigenvalue weighted by Gasteiger charge is -2.18. The van der Waals surface area contributed by atoms with Gasteiger partial charge in [0.25, 0.3) is 0 Å². The minimum absolute atomic E-state index is 0.137. The fourth-order valence-corrected chi connectivity index (χ4v) is 1.62. The van der Waals surface area contributed by atoms with E-state index in [0.29, 0.717) is 5.82 Å². The molecule has 0 bridgehead atoms. The first-order chi connectivity index (χ1) is 8.04. The van der Waals surface area contributed by atoms with Gasteiger partial charge in [0.15, 0.2) is 0 Å². The van der Waals surface area contributed by atoms with Crippen molar-refractivity contribution in [3.05, 3.63) is 29.8 Å². The number of aromatic nitrogens is 4. The summed E-state index contributed by atoms with van der Waals surface area (Å²) in [6.07, 6.45) is 1.90. The molecule has 2 rings (SSSR count). The number of nitrogens with zero attached hydrogens (tertiary/aromatic N) is 3. The van der Waals surface area contributed by atoms with E-state index >= 15 is 0 Å². The number of aryl methyl sites for hydroxylation is 1. The van der Waals surface area contributed by atoms with Crippen LogP contribution < -0.4 is 5.73 Å². The summed E-state index contributed by atoms with van der Waals surface area (Å²) in [6.45, 7) is 4.08. The molecule has 0 aliphatic heterocycles. The lowest BCUT2D eigenvalue weighted by atomic mass is 9.96. The number of benzene rings is 1. The minimum Gasteiger partial charge on any atom is -0.326 e. The standard InChI is InChI=1S/C12H17N5/c1-12(2,13)7-6-9-4-3-5-10(8-9)11-14-16-17-15-11/h3-5,8H,6-7,13H2,1-2H3,(H,14,15,16,17). The van der Waals surface area contributed by atoms with Gasteiger partial charge in [0.05, 0.1) is 0 Å². The maximum absolute atomic E-state index is 5.98. The van der Waals surface area contributed by atoms with E-state index < -0.39 is 0 Å². The fraction of sp³-hybridized carbons (Fsp3) is 0.417. The maximum Gasteiger partial charge on any atom is 0.204 e. The van der Waals surface area contributed by atoms with Crippen LogP contribution in [-0.4, -0.2) is 26.2 Å². The van der Waals surface area contributed by atoms with E-state index in [9.17, 15) is 0 Å². The molecule has 5 nitrogen and oxygen atoms in total. The molecule has 1 heterocycles. The molecule has 1 aromatic carbocycles. The Morgan fingerprint density at radius 2 is 2.18 bits per heavy atom. The number of hydrogen-bond acceptors (Lipinski definition) is 4. The number of rotatable bonds is 4. The van der Waals surface area contributed by atoms with Crippen LogP contribution >= 0.6 is 0 Å². The highest BCUT2D eigenvalue weighted by molar-refractivity contribution is 5.54. The molecular formula is C12H17N5. The number of aromatic amines is 1. The summed E-state index contributed by atoms with van der Waals surface area (Å²) in [5.41, 5.74) is 8.06. The Morgan fingerprint density at radius 3 is 2.82 bits per heavy atom. The van der Waals surface area contributed by atoms with Gasteiger partial charge in [-0.2, -0.15) is 5.21 Å². The smallest absolute Gasteiger partial charge is 0.204 e. The second-order valence-corrected chi connectivity index (χ2v) is 4.92. The van der Waals surface area contributed by atoms with Crippen molar-refractivity contribution in [1.29, 1.82) is 0 Å². The summed E-state index contributed by atoms with van der Waals surface area (Å²) in [6, 6.07) is 8.15. The predicted molar refractivity (Wildman–Crippen MR) is 66.2 cm³/mol. The van der Waals surface area contributed by atoms with Gasteiger partial charge >= 0.3 is 0 Å². The summed E-state index contributed by atoms with van der Waals surface area (Å²) < 4.78 is 0. The van der Waals surface area contributed by atoms with Crippen molar-refractivity contribution in [2.45, 2.75) is 32.2 Å². The molecular weight excluding hydrogens is 214 g/mol. The van der Waals surface area contributed by atoms with Crippen LogP contribution in [0.25, 0.3) is 11.4 Å². The Bertz CT molecular complexity index is 470. The molecule has 2 aromatic rings. The Labute approximate surface area is 100 Å². The average molecular weight is 231 g/mol. The largest absolute Gasteiger partial charge is 0.326 e. The van der Waals surface area contributed by atoms with Crippen molar-refractivity contribution in [1.82, 2.24) is 20.6 Å². The summed E-state index contributed by atoms with van der Waals surface area (Å²) >= 11 is 0. The molecule has 0 unspecified atom stereocenters. The number of nitrogens with one attached hydrogen (secondary N) is 1. The summed E-state index contributed by atoms with van der Waals surface area (Å²) in [4.78, 5) is 0. The van der Waals surface area contributed by atoms with E-state index in [4.69, 9.17) is 5.73 Å². The van der Waals surface area contributed by atoms with E-state index in [0.717, 1.165) is 18.4 Å². The molecule has 1 aromatic heterocycles. The molecule has 3 N–H and O–H groups in total. The Morgan fingerprint density at radius 1 is 1.35 bits per heavy atom. The first kappa shape index (κ1) is 11.7. The van der Waals surface area contributed by atoms with Crippen molar-refractivity contribution in [2.75, 3.05) is 0 Å². The lowest BCUT2D eigenvalue weighted by Crippen LogP contribution is -2.32. The number of H-pyrrole nitrogens is 1. The van der Waals surface area contributed by atoms with Crippen molar-refractivity contribution in [2.24, 2.45) is 5.73 Å². The Balaban J connectivity index is 2.12. The highest BCUT2D eigenvalue weighted by Gasteiger charge is 2.11. The molecule has 0 saturated heterocycles. The third-order valence-electron chi connectivity index (χ3n) is 2.59. The van der Waals surface area contributed by atoms with Crippen LogP contribution in [0.1, 0.15) is 25.8 Å². The molecule has 0 amide bonds. The van der Waals surface area contributed by atoms with Gasteiger partial charge in [0, 0.05) is 11.1 Å². The second-order valence-electron chi connectivity index (χ2n) is 4.92. The van der Waals surface area contributed by atoms with E-state index in [1.54, 1.807) is 0 Å². The minimum atomic E-state index is -0.137. The first-order valence-electron chi connectivity index (χ1n) is 5.66. The summed E-state index contributed by atoms with van der Waals surface area (Å²) in [5.74, 6) is 0.624. The SMILES string of the molecule is CC(C)(N)CCc1cccc(-c2nn[nH]n2)c1. The molecule has 17 heavy (non-hydrogen) atoms. The Kier molecular flexibility index (Phi) is 3.19. The number of hydrogen-bond donors (Lipinski definition) is 2. The quantitative estimate of drug-likeness (QED) is 0.836. The third kappa shape index (κ3) is 3.35. The van der Waals surface area contributed by atoms with Crippen molar-refractivity contribution in [3.63, 3.8) is 0 Å². The molecule has 5 heteroatoms. The highest BCUT2D eigenvalue weighted by atomic mass is 15.5. The molecule has 0 aliphatic carbocycles. The van der Waals surface area contributed by atoms with Gasteiger partial charge in [0.1, 0.15) is 0 Å². The van der Waals surface area contributed by atoms with Gasteiger partial charge in [-0.25, -0.2) is 0 Å². The molecule has 0 spiro atoms. The molecule has 0 fully saturated rings. The van der Waals surface area contributed by atoms with Crippen LogP contribution in [0.3, 0.4) is 0 Å². The molecule has 0 atom stereocenters. The van der Waals surface area contributed by atoms with Crippen LogP contribution in [0, 0.1) is 0 Å². The zero-order valence-corrected chi connectivity index (χ0v) is 10.1. The van der Waals surface area contributed by atoms with Crippen molar-refractivity contribution >= 4 is 0 Å². The second kappa shape index (κ2) is 4.63. The molecule has 0 radical (unpaired) electrons. The van der Waals surface area contributed by atoms with Gasteiger partial charge in [-0.1, -0.05) is 18.2 Å². The van der Waals surface area contributed by atoms with Gasteiger partial charge in [-0.05, 0) is 43.5 Å². The Hall–Kier alpha value is -1.75. The van der Waals surface area contributed by atoms with Crippen LogP contribution in [0.4, 0.5) is 0 Å². The van der Waals surface area contributed by atoms with Crippen LogP contribution in [0.15, 0.2) is 24.3 Å². The summed E-state index contributed by atoms with van der Waals surface area (Å²) in [5, 5.41) is 13.9. The highest BCUT2D eigenvalue weighted by Crippen LogP contribution is 2.17. The average Bonchev–Trinajstić information content (AvgIpc) is 2.79. The molecule has 0 saturated carbocycles. The lowest BCUT2D eigenvalue weighted by molar-refractivity contribution is 0.477. The summed E-state index contributed by atoms with van der Waals surface area (Å²) in [7, 11) is 0. The van der Waals surface area contributed by atoms with Crippen LogP contribution in [-0.2, 0) is 6.42 Å². The van der Waals surface area contributed by atoms with Gasteiger partial charge in [0.2, 0.25) is 5.82 Å². The first-order valence-corrected chi connectivity index (χ1v) is 5.66. The maximum atomic E-state index is 5.98. The number of nitrogens with two attached hydrogens (primary N) is 1. The van der Waals surface area contributed by atoms with Crippen LogP contribution in [0.5, 0.6) is 0 Å². The topological polar surface area (TPSA) is 80.5 Å². The molecule has 0 aliphatic rings. The van der Waals surface area contributed by atoms with Gasteiger partial charge < -0.3 is 5.73 Å². The van der Waals surface area contributed by atoms with E-state index in [-0.39, 0.29) is 5.54 Å². The fourth-order valence-electron chi connectivity index (χ4n) is 1.62. The predicted octanol–water partition coefficient (Wildman–Crippen LogP) is 1.54. The third-order valence-corrected chi connectivity index (χ3v) is 2.59. The van der Waals surface area contributed by atoms with E-state index in [2.05, 4.69) is 32.8 Å². The molecule has 90 valence electrons. The van der Waals surface area contributed by atoms with Crippen LogP contribution in [0.2, 0.25) is 0 Å². The zero-order valence-electron chi connectivity index (χ0n) is 10.1. The monoisotopic (exact) mass is 231 g/mol. The normalized spacial score (nSPS) is 11.7.